The summed E-state index contributed by atoms with van der Waals surface area (Å²) >= 11 is 5.85. The van der Waals surface area contributed by atoms with Crippen LogP contribution in [0.4, 0.5) is 8.78 Å². The Kier molecular flexibility index (Phi) is 4.29. The summed E-state index contributed by atoms with van der Waals surface area (Å²) in [6.45, 7) is -2.40. The van der Waals surface area contributed by atoms with Crippen LogP contribution in [0.5, 0.6) is 5.75 Å². The Bertz CT molecular complexity index is 815. The van der Waals surface area contributed by atoms with E-state index in [1.54, 1.807) is 21.6 Å². The Morgan fingerprint density at radius 3 is 2.78 bits per heavy atom. The molecule has 120 valence electrons. The summed E-state index contributed by atoms with van der Waals surface area (Å²) in [6, 6.07) is 6.61. The maximum Gasteiger partial charge on any atom is 0.387 e. The van der Waals surface area contributed by atoms with Crippen molar-refractivity contribution in [2.75, 3.05) is 0 Å². The summed E-state index contributed by atoms with van der Waals surface area (Å²) in [4.78, 5) is 0. The zero-order valence-electron chi connectivity index (χ0n) is 12.2. The minimum atomic E-state index is -2.92. The van der Waals surface area contributed by atoms with Gasteiger partial charge in [-0.1, -0.05) is 17.7 Å². The smallest absolute Gasteiger partial charge is 0.387 e. The minimum absolute atomic E-state index is 0.0587. The van der Waals surface area contributed by atoms with Gasteiger partial charge in [-0.3, -0.25) is 9.36 Å². The summed E-state index contributed by atoms with van der Waals surface area (Å²) in [5.74, 6) is -0.0587. The topological polar surface area (TPSA) is 44.9 Å². The van der Waals surface area contributed by atoms with Crippen molar-refractivity contribution in [3.63, 3.8) is 0 Å². The number of ether oxygens (including phenoxy) is 1. The first-order chi connectivity index (χ1) is 11.0. The van der Waals surface area contributed by atoms with Gasteiger partial charge in [0.05, 0.1) is 23.5 Å². The van der Waals surface area contributed by atoms with Crippen LogP contribution in [-0.4, -0.2) is 26.2 Å². The molecule has 0 unspecified atom stereocenters. The SMILES string of the molecule is Cn1ccc(Cn2cc(-c3ccc(Cl)c(OC(F)F)c3)cn2)n1. The molecule has 0 saturated carbocycles. The van der Waals surface area contributed by atoms with Gasteiger partial charge in [0.2, 0.25) is 0 Å². The molecule has 0 saturated heterocycles. The van der Waals surface area contributed by atoms with Gasteiger partial charge >= 0.3 is 6.61 Å². The number of aromatic nitrogens is 4. The van der Waals surface area contributed by atoms with Gasteiger partial charge in [0, 0.05) is 25.0 Å². The minimum Gasteiger partial charge on any atom is -0.433 e. The molecule has 0 amide bonds. The fourth-order valence-corrected chi connectivity index (χ4v) is 2.34. The fourth-order valence-electron chi connectivity index (χ4n) is 2.18. The molecule has 0 fully saturated rings. The highest BCUT2D eigenvalue weighted by Crippen LogP contribution is 2.31. The van der Waals surface area contributed by atoms with Gasteiger partial charge in [-0.05, 0) is 23.8 Å². The first-order valence-corrected chi connectivity index (χ1v) is 7.15. The lowest BCUT2D eigenvalue weighted by Crippen LogP contribution is -2.02. The van der Waals surface area contributed by atoms with Crippen molar-refractivity contribution < 1.29 is 13.5 Å². The Hall–Kier alpha value is -2.41. The van der Waals surface area contributed by atoms with E-state index in [0.717, 1.165) is 11.3 Å². The molecule has 0 N–H and O–H groups in total. The molecule has 3 aromatic rings. The molecule has 2 aromatic heterocycles. The average molecular weight is 339 g/mol. The van der Waals surface area contributed by atoms with Crippen LogP contribution < -0.4 is 4.74 Å². The third-order valence-corrected chi connectivity index (χ3v) is 3.52. The molecule has 0 aliphatic heterocycles. The zero-order valence-corrected chi connectivity index (χ0v) is 12.9. The van der Waals surface area contributed by atoms with E-state index >= 15 is 0 Å². The van der Waals surface area contributed by atoms with Crippen molar-refractivity contribution in [2.45, 2.75) is 13.2 Å². The second-order valence-electron chi connectivity index (χ2n) is 4.93. The lowest BCUT2D eigenvalue weighted by molar-refractivity contribution is -0.0497. The lowest BCUT2D eigenvalue weighted by Gasteiger charge is -2.08. The normalized spacial score (nSPS) is 11.2. The third-order valence-electron chi connectivity index (χ3n) is 3.21. The summed E-state index contributed by atoms with van der Waals surface area (Å²) in [5, 5.41) is 8.67. The number of nitrogens with zero attached hydrogens (tertiary/aromatic N) is 4. The zero-order chi connectivity index (χ0) is 16.4. The van der Waals surface area contributed by atoms with E-state index in [-0.39, 0.29) is 10.8 Å². The maximum absolute atomic E-state index is 12.4. The van der Waals surface area contributed by atoms with E-state index < -0.39 is 6.61 Å². The van der Waals surface area contributed by atoms with Crippen LogP contribution in [0.25, 0.3) is 11.1 Å². The molecule has 0 bridgehead atoms. The Morgan fingerprint density at radius 2 is 2.09 bits per heavy atom. The highest BCUT2D eigenvalue weighted by Gasteiger charge is 2.11. The molecule has 0 radical (unpaired) electrons. The molecular weight excluding hydrogens is 326 g/mol. The van der Waals surface area contributed by atoms with Gasteiger partial charge in [0.1, 0.15) is 5.75 Å². The van der Waals surface area contributed by atoms with Crippen molar-refractivity contribution in [1.82, 2.24) is 19.6 Å². The number of rotatable bonds is 5. The van der Waals surface area contributed by atoms with E-state index in [2.05, 4.69) is 14.9 Å². The second kappa shape index (κ2) is 6.37. The van der Waals surface area contributed by atoms with Crippen LogP contribution in [0.15, 0.2) is 42.9 Å². The number of alkyl halides is 2. The largest absolute Gasteiger partial charge is 0.433 e. The van der Waals surface area contributed by atoms with E-state index in [0.29, 0.717) is 12.1 Å². The van der Waals surface area contributed by atoms with Gasteiger partial charge in [0.25, 0.3) is 0 Å². The Labute approximate surface area is 136 Å². The predicted molar refractivity (Wildman–Crippen MR) is 81.6 cm³/mol. The van der Waals surface area contributed by atoms with Crippen LogP contribution in [0.1, 0.15) is 5.69 Å². The van der Waals surface area contributed by atoms with Crippen molar-refractivity contribution in [1.29, 1.82) is 0 Å². The summed E-state index contributed by atoms with van der Waals surface area (Å²) in [7, 11) is 1.84. The van der Waals surface area contributed by atoms with Gasteiger partial charge in [-0.25, -0.2) is 0 Å². The van der Waals surface area contributed by atoms with Crippen molar-refractivity contribution in [3.8, 4) is 16.9 Å². The second-order valence-corrected chi connectivity index (χ2v) is 5.34. The molecule has 5 nitrogen and oxygen atoms in total. The summed E-state index contributed by atoms with van der Waals surface area (Å²) in [5.41, 5.74) is 2.34. The molecule has 2 heterocycles. The highest BCUT2D eigenvalue weighted by atomic mass is 35.5. The molecule has 1 aromatic carbocycles. The van der Waals surface area contributed by atoms with E-state index in [9.17, 15) is 8.78 Å². The predicted octanol–water partition coefficient (Wildman–Crippen LogP) is 3.59. The molecule has 0 aliphatic carbocycles. The number of hydrogen-bond donors (Lipinski definition) is 0. The number of halogens is 3. The molecule has 3 rings (SSSR count). The summed E-state index contributed by atoms with van der Waals surface area (Å²) in [6.07, 6.45) is 5.31. The van der Waals surface area contributed by atoms with Crippen LogP contribution >= 0.6 is 11.6 Å². The third kappa shape index (κ3) is 3.68. The van der Waals surface area contributed by atoms with Crippen molar-refractivity contribution in [3.05, 3.63) is 53.6 Å². The average Bonchev–Trinajstić information content (AvgIpc) is 3.11. The first-order valence-electron chi connectivity index (χ1n) is 6.77. The molecule has 0 atom stereocenters. The molecule has 0 spiro atoms. The van der Waals surface area contributed by atoms with E-state index in [4.69, 9.17) is 11.6 Å². The van der Waals surface area contributed by atoms with Crippen LogP contribution in [-0.2, 0) is 13.6 Å². The van der Waals surface area contributed by atoms with E-state index in [1.807, 2.05) is 25.5 Å². The number of benzene rings is 1. The fraction of sp³-hybridized carbons (Fsp3) is 0.200. The highest BCUT2D eigenvalue weighted by molar-refractivity contribution is 6.32. The number of aryl methyl sites for hydroxylation is 1. The van der Waals surface area contributed by atoms with Crippen LogP contribution in [0.3, 0.4) is 0 Å². The number of hydrogen-bond acceptors (Lipinski definition) is 3. The summed E-state index contributed by atoms with van der Waals surface area (Å²) < 4.78 is 32.6. The Balaban J connectivity index is 1.82. The van der Waals surface area contributed by atoms with Crippen LogP contribution in [0.2, 0.25) is 5.02 Å². The monoisotopic (exact) mass is 338 g/mol. The lowest BCUT2D eigenvalue weighted by atomic mass is 10.1. The van der Waals surface area contributed by atoms with Gasteiger partial charge in [-0.15, -0.1) is 0 Å². The quantitative estimate of drug-likeness (QED) is 0.714. The Morgan fingerprint density at radius 1 is 1.26 bits per heavy atom. The molecule has 23 heavy (non-hydrogen) atoms. The van der Waals surface area contributed by atoms with Gasteiger partial charge in [0.15, 0.2) is 0 Å². The maximum atomic E-state index is 12.4. The van der Waals surface area contributed by atoms with Crippen LogP contribution in [0, 0.1) is 0 Å². The van der Waals surface area contributed by atoms with Crippen molar-refractivity contribution >= 4 is 11.6 Å². The van der Waals surface area contributed by atoms with Gasteiger partial charge in [-0.2, -0.15) is 19.0 Å². The molecular formula is C15H13ClF2N4O. The van der Waals surface area contributed by atoms with Gasteiger partial charge < -0.3 is 4.74 Å². The standard InChI is InChI=1S/C15H13ClF2N4O/c1-21-5-4-12(20-21)9-22-8-11(7-19-22)10-2-3-13(16)14(6-10)23-15(17)18/h2-8,15H,9H2,1H3. The van der Waals surface area contributed by atoms with Crippen molar-refractivity contribution in [2.24, 2.45) is 7.05 Å². The van der Waals surface area contributed by atoms with E-state index in [1.165, 1.54) is 12.1 Å². The first kappa shape index (κ1) is 15.5. The molecule has 0 aliphatic rings. The molecule has 8 heteroatoms.